The van der Waals surface area contributed by atoms with Gasteiger partial charge in [-0.3, -0.25) is 10.1 Å². The fraction of sp³-hybridized carbons (Fsp3) is 0.600. The summed E-state index contributed by atoms with van der Waals surface area (Å²) in [5.41, 5.74) is -0.507. The van der Waals surface area contributed by atoms with Gasteiger partial charge in [0.1, 0.15) is 5.69 Å². The van der Waals surface area contributed by atoms with Crippen LogP contribution in [0.5, 0.6) is 5.75 Å². The molecule has 0 amide bonds. The van der Waals surface area contributed by atoms with Crippen LogP contribution < -0.4 is 10.1 Å². The lowest BCUT2D eigenvalue weighted by atomic mass is 9.79. The van der Waals surface area contributed by atoms with Crippen molar-refractivity contribution < 1.29 is 14.8 Å². The predicted octanol–water partition coefficient (Wildman–Crippen LogP) is 2.96. The second-order valence-electron chi connectivity index (χ2n) is 5.89. The van der Waals surface area contributed by atoms with Crippen molar-refractivity contribution in [3.8, 4) is 5.75 Å². The lowest BCUT2D eigenvalue weighted by molar-refractivity contribution is -0.384. The first kappa shape index (κ1) is 15.6. The van der Waals surface area contributed by atoms with Crippen molar-refractivity contribution in [3.05, 3.63) is 28.3 Å². The van der Waals surface area contributed by atoms with Crippen LogP contribution in [0.15, 0.2) is 18.2 Å². The predicted molar refractivity (Wildman–Crippen MR) is 80.7 cm³/mol. The summed E-state index contributed by atoms with van der Waals surface area (Å²) >= 11 is 0. The number of benzene rings is 1. The molecule has 0 heterocycles. The molecule has 21 heavy (non-hydrogen) atoms. The quantitative estimate of drug-likeness (QED) is 0.644. The number of para-hydroxylation sites is 1. The van der Waals surface area contributed by atoms with Gasteiger partial charge in [-0.15, -0.1) is 0 Å². The maximum absolute atomic E-state index is 11.2. The Morgan fingerprint density at radius 1 is 1.57 bits per heavy atom. The maximum Gasteiger partial charge on any atom is 0.333 e. The second-order valence-corrected chi connectivity index (χ2v) is 5.89. The Morgan fingerprint density at radius 2 is 2.33 bits per heavy atom. The van der Waals surface area contributed by atoms with Crippen molar-refractivity contribution in [2.45, 2.75) is 38.2 Å². The molecular weight excluding hydrogens is 272 g/mol. The lowest BCUT2D eigenvalue weighted by Gasteiger charge is -2.35. The molecule has 1 aromatic rings. The number of nitro groups is 1. The zero-order valence-corrected chi connectivity index (χ0v) is 12.5. The number of hydrogen-bond acceptors (Lipinski definition) is 5. The third-order valence-corrected chi connectivity index (χ3v) is 4.08. The molecule has 116 valence electrons. The molecule has 2 atom stereocenters. The third kappa shape index (κ3) is 3.64. The maximum atomic E-state index is 11.2. The van der Waals surface area contributed by atoms with E-state index in [1.165, 1.54) is 7.11 Å². The van der Waals surface area contributed by atoms with Crippen LogP contribution >= 0.6 is 0 Å². The van der Waals surface area contributed by atoms with Gasteiger partial charge in [0.05, 0.1) is 17.6 Å². The fourth-order valence-electron chi connectivity index (χ4n) is 3.07. The molecule has 0 spiro atoms. The van der Waals surface area contributed by atoms with E-state index < -0.39 is 10.5 Å². The van der Waals surface area contributed by atoms with Crippen LogP contribution in [0.2, 0.25) is 0 Å². The van der Waals surface area contributed by atoms with Gasteiger partial charge >= 0.3 is 5.69 Å². The van der Waals surface area contributed by atoms with E-state index in [0.29, 0.717) is 18.2 Å². The normalized spacial score (nSPS) is 25.4. The van der Waals surface area contributed by atoms with Crippen molar-refractivity contribution in [1.29, 1.82) is 0 Å². The Labute approximate surface area is 124 Å². The molecule has 6 nitrogen and oxygen atoms in total. The summed E-state index contributed by atoms with van der Waals surface area (Å²) in [6.07, 6.45) is 3.56. The summed E-state index contributed by atoms with van der Waals surface area (Å²) in [4.78, 5) is 10.7. The van der Waals surface area contributed by atoms with Gasteiger partial charge in [-0.1, -0.05) is 25.8 Å². The molecule has 0 aliphatic heterocycles. The standard InChI is InChI=1S/C15H22N2O4/c1-11-5-4-8-15(18,9-11)10-16-12-6-3-7-13(21-2)14(12)17(19)20/h3,6-7,11,16,18H,4-5,8-10H2,1-2H3. The Morgan fingerprint density at radius 3 is 2.95 bits per heavy atom. The average molecular weight is 294 g/mol. The van der Waals surface area contributed by atoms with Gasteiger partial charge in [-0.05, 0) is 30.9 Å². The molecule has 2 N–H and O–H groups in total. The Kier molecular flexibility index (Phi) is 4.67. The summed E-state index contributed by atoms with van der Waals surface area (Å²) in [6, 6.07) is 4.89. The Hall–Kier alpha value is -1.82. The molecule has 0 radical (unpaired) electrons. The average Bonchev–Trinajstić information content (AvgIpc) is 2.44. The van der Waals surface area contributed by atoms with Gasteiger partial charge in [0.2, 0.25) is 0 Å². The van der Waals surface area contributed by atoms with Gasteiger partial charge < -0.3 is 15.2 Å². The molecule has 6 heteroatoms. The number of methoxy groups -OCH3 is 1. The van der Waals surface area contributed by atoms with Gasteiger partial charge in [-0.25, -0.2) is 0 Å². The Balaban J connectivity index is 2.14. The van der Waals surface area contributed by atoms with Gasteiger partial charge in [0.25, 0.3) is 0 Å². The largest absolute Gasteiger partial charge is 0.490 e. The molecule has 0 bridgehead atoms. The molecule has 0 saturated heterocycles. The molecule has 1 fully saturated rings. The van der Waals surface area contributed by atoms with E-state index in [4.69, 9.17) is 4.74 Å². The van der Waals surface area contributed by atoms with Crippen molar-refractivity contribution in [2.75, 3.05) is 19.0 Å². The third-order valence-electron chi connectivity index (χ3n) is 4.08. The highest BCUT2D eigenvalue weighted by atomic mass is 16.6. The van der Waals surface area contributed by atoms with Crippen LogP contribution in [0.3, 0.4) is 0 Å². The highest BCUT2D eigenvalue weighted by Gasteiger charge is 2.33. The zero-order chi connectivity index (χ0) is 15.5. The molecule has 1 saturated carbocycles. The van der Waals surface area contributed by atoms with Crippen molar-refractivity contribution in [3.63, 3.8) is 0 Å². The molecule has 1 aliphatic carbocycles. The van der Waals surface area contributed by atoms with Gasteiger partial charge in [0.15, 0.2) is 5.75 Å². The molecule has 1 aliphatic rings. The van der Waals surface area contributed by atoms with Crippen molar-refractivity contribution in [2.24, 2.45) is 5.92 Å². The van der Waals surface area contributed by atoms with E-state index in [1.54, 1.807) is 18.2 Å². The van der Waals surface area contributed by atoms with E-state index in [-0.39, 0.29) is 11.4 Å². The molecule has 0 aromatic heterocycles. The van der Waals surface area contributed by atoms with Gasteiger partial charge in [0, 0.05) is 6.54 Å². The van der Waals surface area contributed by atoms with E-state index in [2.05, 4.69) is 12.2 Å². The molecule has 2 rings (SSSR count). The number of aliphatic hydroxyl groups is 1. The number of nitro benzene ring substituents is 1. The number of rotatable bonds is 5. The summed E-state index contributed by atoms with van der Waals surface area (Å²) in [5, 5.41) is 24.8. The van der Waals surface area contributed by atoms with E-state index in [1.807, 2.05) is 0 Å². The minimum atomic E-state index is -0.797. The second kappa shape index (κ2) is 6.30. The summed E-state index contributed by atoms with van der Waals surface area (Å²) in [5.74, 6) is 0.694. The number of nitrogens with one attached hydrogen (secondary N) is 1. The minimum Gasteiger partial charge on any atom is -0.490 e. The molecule has 2 unspecified atom stereocenters. The summed E-state index contributed by atoms with van der Waals surface area (Å²) in [6.45, 7) is 2.43. The SMILES string of the molecule is COc1cccc(NCC2(O)CCCC(C)C2)c1[N+](=O)[O-]. The van der Waals surface area contributed by atoms with E-state index >= 15 is 0 Å². The first-order valence-corrected chi connectivity index (χ1v) is 7.23. The van der Waals surface area contributed by atoms with Crippen LogP contribution in [0, 0.1) is 16.0 Å². The highest BCUT2D eigenvalue weighted by molar-refractivity contribution is 5.68. The van der Waals surface area contributed by atoms with E-state index in [9.17, 15) is 15.2 Å². The van der Waals surface area contributed by atoms with Gasteiger partial charge in [-0.2, -0.15) is 0 Å². The number of hydrogen-bond donors (Lipinski definition) is 2. The number of nitrogens with zero attached hydrogens (tertiary/aromatic N) is 1. The molecular formula is C15H22N2O4. The number of anilines is 1. The fourth-order valence-corrected chi connectivity index (χ4v) is 3.07. The Bertz CT molecular complexity index is 520. The van der Waals surface area contributed by atoms with Crippen molar-refractivity contribution >= 4 is 11.4 Å². The first-order valence-electron chi connectivity index (χ1n) is 7.23. The summed E-state index contributed by atoms with van der Waals surface area (Å²) in [7, 11) is 1.41. The topological polar surface area (TPSA) is 84.6 Å². The highest BCUT2D eigenvalue weighted by Crippen LogP contribution is 2.36. The molecule has 1 aromatic carbocycles. The summed E-state index contributed by atoms with van der Waals surface area (Å²) < 4.78 is 5.04. The van der Waals surface area contributed by atoms with Crippen LogP contribution in [-0.4, -0.2) is 29.3 Å². The zero-order valence-electron chi connectivity index (χ0n) is 12.5. The van der Waals surface area contributed by atoms with Crippen LogP contribution in [0.1, 0.15) is 32.6 Å². The van der Waals surface area contributed by atoms with Crippen molar-refractivity contribution in [1.82, 2.24) is 0 Å². The van der Waals surface area contributed by atoms with E-state index in [0.717, 1.165) is 25.7 Å². The first-order chi connectivity index (χ1) is 9.95. The van der Waals surface area contributed by atoms with Crippen LogP contribution in [0.4, 0.5) is 11.4 Å². The minimum absolute atomic E-state index is 0.0903. The van der Waals surface area contributed by atoms with Crippen LogP contribution in [-0.2, 0) is 0 Å². The monoisotopic (exact) mass is 294 g/mol. The smallest absolute Gasteiger partial charge is 0.333 e. The number of ether oxygens (including phenoxy) is 1. The van der Waals surface area contributed by atoms with Crippen LogP contribution in [0.25, 0.3) is 0 Å². The lowest BCUT2D eigenvalue weighted by Crippen LogP contribution is -2.41.